The molecule has 2 rings (SSSR count). The standard InChI is InChI=1S/C23H31ClN4O/c1-5-17(3)22(8-7-21(6-2)28-11-9-25-10-12-28)27-23(13-18(4)29)19-14-20(24)16-26-15-19/h6-8,13-17,25H,5,9-12H2,1-4H3/b8-7-,21-6+,23-13-,27-22+. The maximum atomic E-state index is 11.8. The fourth-order valence-electron chi connectivity index (χ4n) is 3.06. The van der Waals surface area contributed by atoms with Crippen molar-refractivity contribution in [3.8, 4) is 0 Å². The molecule has 2 heterocycles. The molecule has 1 fully saturated rings. The molecule has 0 radical (unpaired) electrons. The van der Waals surface area contributed by atoms with Gasteiger partial charge in [-0.25, -0.2) is 0 Å². The molecular formula is C23H31ClN4O. The predicted molar refractivity (Wildman–Crippen MR) is 122 cm³/mol. The number of ketones is 1. The summed E-state index contributed by atoms with van der Waals surface area (Å²) in [6.45, 7) is 11.8. The summed E-state index contributed by atoms with van der Waals surface area (Å²) in [5, 5.41) is 3.90. The van der Waals surface area contributed by atoms with Crippen LogP contribution >= 0.6 is 11.6 Å². The molecule has 1 aliphatic heterocycles. The van der Waals surface area contributed by atoms with Crippen LogP contribution in [-0.4, -0.2) is 47.6 Å². The molecule has 1 atom stereocenters. The molecule has 1 unspecified atom stereocenters. The molecule has 1 aromatic heterocycles. The maximum absolute atomic E-state index is 11.8. The van der Waals surface area contributed by atoms with Crippen LogP contribution in [0.4, 0.5) is 0 Å². The zero-order valence-corrected chi connectivity index (χ0v) is 18.5. The van der Waals surface area contributed by atoms with Gasteiger partial charge in [0.1, 0.15) is 0 Å². The number of pyridine rings is 1. The third-order valence-corrected chi connectivity index (χ3v) is 5.12. The van der Waals surface area contributed by atoms with Crippen LogP contribution in [0.2, 0.25) is 5.02 Å². The van der Waals surface area contributed by atoms with Gasteiger partial charge in [0.05, 0.1) is 10.7 Å². The first-order chi connectivity index (χ1) is 13.9. The lowest BCUT2D eigenvalue weighted by atomic mass is 10.0. The molecule has 0 aliphatic carbocycles. The van der Waals surface area contributed by atoms with Crippen LogP contribution < -0.4 is 5.32 Å². The van der Waals surface area contributed by atoms with Crippen molar-refractivity contribution in [3.63, 3.8) is 0 Å². The van der Waals surface area contributed by atoms with Crippen LogP contribution in [0.3, 0.4) is 0 Å². The number of aromatic nitrogens is 1. The highest BCUT2D eigenvalue weighted by Crippen LogP contribution is 2.21. The second-order valence-electron chi connectivity index (χ2n) is 7.16. The normalized spacial score (nSPS) is 17.7. The minimum absolute atomic E-state index is 0.0637. The predicted octanol–water partition coefficient (Wildman–Crippen LogP) is 4.52. The quantitative estimate of drug-likeness (QED) is 0.386. The van der Waals surface area contributed by atoms with Gasteiger partial charge in [-0.2, -0.15) is 0 Å². The van der Waals surface area contributed by atoms with E-state index in [-0.39, 0.29) is 11.7 Å². The number of halogens is 1. The van der Waals surface area contributed by atoms with Crippen molar-refractivity contribution in [1.29, 1.82) is 0 Å². The minimum atomic E-state index is -0.0637. The molecule has 0 bridgehead atoms. The number of aliphatic imine (C=N–C) groups is 1. The highest BCUT2D eigenvalue weighted by Gasteiger charge is 2.13. The Hall–Kier alpha value is -2.24. The molecule has 156 valence electrons. The Labute approximate surface area is 179 Å². The summed E-state index contributed by atoms with van der Waals surface area (Å²) < 4.78 is 0. The van der Waals surface area contributed by atoms with Crippen LogP contribution in [-0.2, 0) is 4.79 Å². The molecule has 1 aliphatic rings. The first-order valence-electron chi connectivity index (χ1n) is 10.2. The van der Waals surface area contributed by atoms with Gasteiger partial charge in [0.15, 0.2) is 5.78 Å². The van der Waals surface area contributed by atoms with Crippen molar-refractivity contribution in [3.05, 3.63) is 59.0 Å². The van der Waals surface area contributed by atoms with Gasteiger partial charge in [0.2, 0.25) is 0 Å². The van der Waals surface area contributed by atoms with Gasteiger partial charge in [0.25, 0.3) is 0 Å². The van der Waals surface area contributed by atoms with E-state index >= 15 is 0 Å². The molecule has 6 heteroatoms. The smallest absolute Gasteiger partial charge is 0.154 e. The molecule has 0 saturated carbocycles. The minimum Gasteiger partial charge on any atom is -0.369 e. The number of carbonyl (C=O) groups excluding carboxylic acids is 1. The SMILES string of the molecule is C\C=C(/C=C\C(=N/C(=C\C(C)=O)c1cncc(Cl)c1)C(C)CC)N1CCNCC1. The van der Waals surface area contributed by atoms with E-state index in [1.807, 2.05) is 0 Å². The summed E-state index contributed by atoms with van der Waals surface area (Å²) in [7, 11) is 0. The first-order valence-corrected chi connectivity index (χ1v) is 10.5. The Balaban J connectivity index is 2.40. The van der Waals surface area contributed by atoms with E-state index < -0.39 is 0 Å². The number of nitrogens with zero attached hydrogens (tertiary/aromatic N) is 3. The molecule has 1 N–H and O–H groups in total. The third kappa shape index (κ3) is 7.26. The number of rotatable bonds is 8. The summed E-state index contributed by atoms with van der Waals surface area (Å²) >= 11 is 6.10. The van der Waals surface area contributed by atoms with E-state index in [1.54, 1.807) is 18.5 Å². The van der Waals surface area contributed by atoms with E-state index in [9.17, 15) is 4.79 Å². The van der Waals surface area contributed by atoms with Gasteiger partial charge in [0, 0.05) is 61.6 Å². The Kier molecular flexibility index (Phi) is 9.29. The second-order valence-corrected chi connectivity index (χ2v) is 7.60. The first kappa shape index (κ1) is 23.0. The zero-order chi connectivity index (χ0) is 21.2. The largest absolute Gasteiger partial charge is 0.369 e. The number of hydrogen-bond acceptors (Lipinski definition) is 5. The molecule has 0 spiro atoms. The maximum Gasteiger partial charge on any atom is 0.154 e. The van der Waals surface area contributed by atoms with Crippen molar-refractivity contribution in [1.82, 2.24) is 15.2 Å². The molecule has 1 aromatic rings. The number of hydrogen-bond donors (Lipinski definition) is 1. The monoisotopic (exact) mass is 414 g/mol. The number of allylic oxidation sites excluding steroid dienone is 4. The fourth-order valence-corrected chi connectivity index (χ4v) is 3.24. The lowest BCUT2D eigenvalue weighted by Crippen LogP contribution is -2.42. The van der Waals surface area contributed by atoms with Crippen LogP contribution in [0, 0.1) is 5.92 Å². The highest BCUT2D eigenvalue weighted by atomic mass is 35.5. The average molecular weight is 415 g/mol. The van der Waals surface area contributed by atoms with Crippen molar-refractivity contribution >= 4 is 28.8 Å². The van der Waals surface area contributed by atoms with Crippen LogP contribution in [0.5, 0.6) is 0 Å². The number of carbonyl (C=O) groups is 1. The lowest BCUT2D eigenvalue weighted by molar-refractivity contribution is -0.112. The molecular weight excluding hydrogens is 384 g/mol. The third-order valence-electron chi connectivity index (χ3n) is 4.91. The Bertz CT molecular complexity index is 820. The second kappa shape index (κ2) is 11.7. The van der Waals surface area contributed by atoms with Crippen LogP contribution in [0.25, 0.3) is 5.70 Å². The van der Waals surface area contributed by atoms with Crippen molar-refractivity contribution in [2.75, 3.05) is 26.2 Å². The summed E-state index contributed by atoms with van der Waals surface area (Å²) in [6.07, 6.45) is 12.1. The van der Waals surface area contributed by atoms with Gasteiger partial charge in [-0.15, -0.1) is 0 Å². The summed E-state index contributed by atoms with van der Waals surface area (Å²) in [4.78, 5) is 23.2. The van der Waals surface area contributed by atoms with E-state index in [4.69, 9.17) is 16.6 Å². The summed E-state index contributed by atoms with van der Waals surface area (Å²) in [5.74, 6) is 0.182. The topological polar surface area (TPSA) is 57.6 Å². The molecule has 0 aromatic carbocycles. The summed E-state index contributed by atoms with van der Waals surface area (Å²) in [5.41, 5.74) is 3.42. The van der Waals surface area contributed by atoms with Crippen molar-refractivity contribution < 1.29 is 4.79 Å². The van der Waals surface area contributed by atoms with Crippen LogP contribution in [0.1, 0.15) is 39.7 Å². The van der Waals surface area contributed by atoms with Gasteiger partial charge < -0.3 is 10.2 Å². The van der Waals surface area contributed by atoms with Gasteiger partial charge in [-0.1, -0.05) is 31.5 Å². The molecule has 5 nitrogen and oxygen atoms in total. The van der Waals surface area contributed by atoms with E-state index in [1.165, 1.54) is 18.7 Å². The summed E-state index contributed by atoms with van der Waals surface area (Å²) in [6, 6.07) is 1.78. The highest BCUT2D eigenvalue weighted by molar-refractivity contribution is 6.30. The van der Waals surface area contributed by atoms with Gasteiger partial charge >= 0.3 is 0 Å². The van der Waals surface area contributed by atoms with E-state index in [0.29, 0.717) is 10.7 Å². The molecule has 1 saturated heterocycles. The average Bonchev–Trinajstić information content (AvgIpc) is 2.72. The van der Waals surface area contributed by atoms with Crippen LogP contribution in [0.15, 0.2) is 53.5 Å². The molecule has 29 heavy (non-hydrogen) atoms. The van der Waals surface area contributed by atoms with E-state index in [2.05, 4.69) is 54.2 Å². The van der Waals surface area contributed by atoms with E-state index in [0.717, 1.165) is 43.9 Å². The Morgan fingerprint density at radius 1 is 1.34 bits per heavy atom. The molecule has 0 amide bonds. The zero-order valence-electron chi connectivity index (χ0n) is 17.8. The van der Waals surface area contributed by atoms with Gasteiger partial charge in [-0.3, -0.25) is 14.8 Å². The number of nitrogens with one attached hydrogen (secondary N) is 1. The van der Waals surface area contributed by atoms with Gasteiger partial charge in [-0.05, 0) is 44.4 Å². The fraction of sp³-hybridized carbons (Fsp3) is 0.435. The number of piperazine rings is 1. The van der Waals surface area contributed by atoms with Crippen molar-refractivity contribution in [2.24, 2.45) is 10.9 Å². The lowest BCUT2D eigenvalue weighted by Gasteiger charge is -2.30. The Morgan fingerprint density at radius 3 is 2.66 bits per heavy atom. The van der Waals surface area contributed by atoms with Crippen molar-refractivity contribution in [2.45, 2.75) is 34.1 Å². The Morgan fingerprint density at radius 2 is 2.07 bits per heavy atom.